The van der Waals surface area contributed by atoms with Gasteiger partial charge in [0.15, 0.2) is 5.69 Å². The van der Waals surface area contributed by atoms with Gasteiger partial charge in [0.05, 0.1) is 17.6 Å². The fourth-order valence-electron chi connectivity index (χ4n) is 5.91. The van der Waals surface area contributed by atoms with Crippen molar-refractivity contribution in [3.8, 4) is 5.75 Å². The van der Waals surface area contributed by atoms with Crippen molar-refractivity contribution in [3.05, 3.63) is 30.0 Å². The molecule has 0 unspecified atom stereocenters. The van der Waals surface area contributed by atoms with E-state index in [9.17, 15) is 14.7 Å². The normalized spacial score (nSPS) is 19.3. The molecule has 2 fully saturated rings. The third kappa shape index (κ3) is 11.0. The molecule has 1 aromatic carbocycles. The van der Waals surface area contributed by atoms with Crippen LogP contribution in [0, 0.1) is 0 Å². The van der Waals surface area contributed by atoms with E-state index in [1.54, 1.807) is 6.07 Å². The maximum Gasteiger partial charge on any atom is 0.354 e. The summed E-state index contributed by atoms with van der Waals surface area (Å²) in [5.74, 6) is -0.169. The molecule has 11 heteroatoms. The van der Waals surface area contributed by atoms with E-state index in [0.29, 0.717) is 28.2 Å². The third-order valence-electron chi connectivity index (χ3n) is 8.35. The van der Waals surface area contributed by atoms with Gasteiger partial charge in [-0.15, -0.1) is 0 Å². The van der Waals surface area contributed by atoms with Crippen LogP contribution in [-0.4, -0.2) is 83.0 Å². The van der Waals surface area contributed by atoms with Gasteiger partial charge in [0.1, 0.15) is 5.75 Å². The van der Waals surface area contributed by atoms with E-state index in [1.165, 1.54) is 76.7 Å². The van der Waals surface area contributed by atoms with Crippen LogP contribution in [0.15, 0.2) is 24.3 Å². The highest BCUT2D eigenvalue weighted by Gasteiger charge is 2.42. The van der Waals surface area contributed by atoms with E-state index >= 15 is 0 Å². The van der Waals surface area contributed by atoms with Crippen LogP contribution in [0.2, 0.25) is 0 Å². The first kappa shape index (κ1) is 33.1. The van der Waals surface area contributed by atoms with E-state index in [2.05, 4.69) is 31.6 Å². The SMILES string of the molecule is O=C1N[C@H]2[C@H](CS[C@H]2CCCCCNCCCCCCNCCCCCCNc2ccc3nc(C(=O)O)cc(O)c3c2)N1. The lowest BCUT2D eigenvalue weighted by Gasteiger charge is -2.16. The van der Waals surface area contributed by atoms with Crippen molar-refractivity contribution in [1.29, 1.82) is 0 Å². The van der Waals surface area contributed by atoms with Crippen molar-refractivity contribution >= 4 is 40.4 Å². The predicted octanol–water partition coefficient (Wildman–Crippen LogP) is 5.08. The lowest BCUT2D eigenvalue weighted by Crippen LogP contribution is -2.36. The van der Waals surface area contributed by atoms with Crippen LogP contribution >= 0.6 is 11.8 Å². The molecule has 2 aliphatic heterocycles. The average molecular weight is 615 g/mol. The number of aromatic carboxylic acids is 1. The van der Waals surface area contributed by atoms with Crippen LogP contribution in [0.5, 0.6) is 5.75 Å². The van der Waals surface area contributed by atoms with Crippen LogP contribution in [0.25, 0.3) is 10.9 Å². The highest BCUT2D eigenvalue weighted by atomic mass is 32.2. The van der Waals surface area contributed by atoms with Gasteiger partial charge < -0.3 is 36.8 Å². The number of amides is 2. The van der Waals surface area contributed by atoms with Gasteiger partial charge in [-0.25, -0.2) is 14.6 Å². The Labute approximate surface area is 259 Å². The second-order valence-corrected chi connectivity index (χ2v) is 13.1. The number of nitrogens with zero attached hydrogens (tertiary/aromatic N) is 1. The fourth-order valence-corrected chi connectivity index (χ4v) is 7.45. The summed E-state index contributed by atoms with van der Waals surface area (Å²) in [4.78, 5) is 26.7. The van der Waals surface area contributed by atoms with Gasteiger partial charge in [-0.05, 0) is 82.9 Å². The largest absolute Gasteiger partial charge is 0.507 e. The minimum Gasteiger partial charge on any atom is -0.507 e. The summed E-state index contributed by atoms with van der Waals surface area (Å²) in [6.07, 6.45) is 14.7. The Hall–Kier alpha value is -2.76. The van der Waals surface area contributed by atoms with Gasteiger partial charge in [0.25, 0.3) is 0 Å². The third-order valence-corrected chi connectivity index (χ3v) is 9.86. The Bertz CT molecular complexity index is 1170. The summed E-state index contributed by atoms with van der Waals surface area (Å²) in [5.41, 5.74) is 1.21. The van der Waals surface area contributed by atoms with Crippen molar-refractivity contribution in [2.45, 2.75) is 94.4 Å². The maximum atomic E-state index is 11.5. The first-order valence-electron chi connectivity index (χ1n) is 16.2. The molecular weight excluding hydrogens is 564 g/mol. The van der Waals surface area contributed by atoms with Crippen LogP contribution in [0.3, 0.4) is 0 Å². The number of aromatic nitrogens is 1. The van der Waals surface area contributed by atoms with Gasteiger partial charge in [0, 0.05) is 34.7 Å². The second kappa shape index (κ2) is 18.1. The first-order chi connectivity index (χ1) is 21.0. The van der Waals surface area contributed by atoms with Crippen molar-refractivity contribution in [2.24, 2.45) is 0 Å². The molecule has 2 aromatic rings. The highest BCUT2D eigenvalue weighted by molar-refractivity contribution is 8.00. The number of carboxylic acids is 1. The number of carboxylic acid groups (broad SMARTS) is 1. The Morgan fingerprint density at radius 2 is 1.49 bits per heavy atom. The summed E-state index contributed by atoms with van der Waals surface area (Å²) in [6.45, 7) is 5.28. The number of unbranched alkanes of at least 4 members (excludes halogenated alkanes) is 8. The quantitative estimate of drug-likeness (QED) is 0.0713. The molecule has 0 radical (unpaired) electrons. The van der Waals surface area contributed by atoms with Crippen LogP contribution < -0.4 is 26.6 Å². The average Bonchev–Trinajstić information content (AvgIpc) is 3.55. The molecule has 4 rings (SSSR count). The number of hydrogen-bond acceptors (Lipinski definition) is 8. The monoisotopic (exact) mass is 614 g/mol. The Morgan fingerprint density at radius 3 is 2.14 bits per heavy atom. The minimum atomic E-state index is -1.15. The van der Waals surface area contributed by atoms with E-state index in [-0.39, 0.29) is 17.5 Å². The first-order valence-corrected chi connectivity index (χ1v) is 17.3. The van der Waals surface area contributed by atoms with E-state index in [1.807, 2.05) is 23.9 Å². The van der Waals surface area contributed by atoms with Gasteiger partial charge >= 0.3 is 12.0 Å². The molecule has 238 valence electrons. The second-order valence-electron chi connectivity index (χ2n) is 11.8. The number of hydrogen-bond donors (Lipinski definition) is 7. The number of pyridine rings is 1. The number of benzene rings is 1. The zero-order valence-electron chi connectivity index (χ0n) is 25.3. The highest BCUT2D eigenvalue weighted by Crippen LogP contribution is 2.33. The number of thioether (sulfide) groups is 1. The molecule has 0 spiro atoms. The van der Waals surface area contributed by atoms with Crippen molar-refractivity contribution in [1.82, 2.24) is 26.3 Å². The van der Waals surface area contributed by atoms with Gasteiger partial charge in [-0.1, -0.05) is 38.5 Å². The maximum absolute atomic E-state index is 11.5. The van der Waals surface area contributed by atoms with Crippen molar-refractivity contribution in [2.75, 3.05) is 43.8 Å². The van der Waals surface area contributed by atoms with Crippen molar-refractivity contribution in [3.63, 3.8) is 0 Å². The standard InChI is InChI=1S/C32H50N6O4S/c39-28-21-26(31(40)41)36-25-14-13-23(20-24(25)28)35-19-11-4-3-9-17-33-15-7-1-2-8-16-34-18-10-5-6-12-29-30-27(22-43-29)37-32(42)38-30/h13-14,20-21,27,29-30,33-35H,1-12,15-19,22H2,(H,36,39)(H,40,41)(H2,37,38,42)/t27-,29-,30-/m0/s1. The number of carbonyl (C=O) groups excluding carboxylic acids is 1. The molecule has 0 bridgehead atoms. The van der Waals surface area contributed by atoms with E-state index < -0.39 is 5.97 Å². The summed E-state index contributed by atoms with van der Waals surface area (Å²) in [5, 5.41) is 37.0. The lowest BCUT2D eigenvalue weighted by molar-refractivity contribution is 0.0690. The fraction of sp³-hybridized carbons (Fsp3) is 0.656. The Balaban J connectivity index is 0.875. The van der Waals surface area contributed by atoms with Crippen LogP contribution in [0.4, 0.5) is 10.5 Å². The molecule has 10 nitrogen and oxygen atoms in total. The van der Waals surface area contributed by atoms with E-state index in [0.717, 1.165) is 50.6 Å². The molecule has 0 aliphatic carbocycles. The van der Waals surface area contributed by atoms with Gasteiger partial charge in [0.2, 0.25) is 0 Å². The van der Waals surface area contributed by atoms with E-state index in [4.69, 9.17) is 5.11 Å². The summed E-state index contributed by atoms with van der Waals surface area (Å²) < 4.78 is 0. The van der Waals surface area contributed by atoms with Crippen molar-refractivity contribution < 1.29 is 19.8 Å². The zero-order valence-corrected chi connectivity index (χ0v) is 26.2. The Kier molecular flexibility index (Phi) is 14.0. The number of nitrogens with one attached hydrogen (secondary N) is 5. The molecule has 2 amide bonds. The van der Waals surface area contributed by atoms with Crippen LogP contribution in [-0.2, 0) is 0 Å². The number of fused-ring (bicyclic) bond motifs is 2. The molecule has 7 N–H and O–H groups in total. The molecule has 3 atom stereocenters. The minimum absolute atomic E-state index is 0.0122. The molecule has 2 saturated heterocycles. The number of urea groups is 1. The number of rotatable bonds is 22. The van der Waals surface area contributed by atoms with Crippen LogP contribution in [0.1, 0.15) is 87.5 Å². The topological polar surface area (TPSA) is 148 Å². The molecule has 43 heavy (non-hydrogen) atoms. The Morgan fingerprint density at radius 1 is 0.860 bits per heavy atom. The number of aromatic hydroxyl groups is 1. The molecule has 0 saturated carbocycles. The number of carbonyl (C=O) groups is 2. The summed E-state index contributed by atoms with van der Waals surface area (Å²) in [7, 11) is 0. The molecule has 2 aliphatic rings. The predicted molar refractivity (Wildman–Crippen MR) is 175 cm³/mol. The van der Waals surface area contributed by atoms with Gasteiger partial charge in [-0.3, -0.25) is 0 Å². The smallest absolute Gasteiger partial charge is 0.354 e. The van der Waals surface area contributed by atoms with Gasteiger partial charge in [-0.2, -0.15) is 11.8 Å². The molecular formula is C32H50N6O4S. The summed E-state index contributed by atoms with van der Waals surface area (Å²) in [6, 6.07) is 7.30. The molecule has 3 heterocycles. The zero-order chi connectivity index (χ0) is 30.3. The lowest BCUT2D eigenvalue weighted by atomic mass is 10.0. The summed E-state index contributed by atoms with van der Waals surface area (Å²) >= 11 is 2.01. The number of anilines is 1. The molecule has 1 aromatic heterocycles.